The number of benzene rings is 1. The van der Waals surface area contributed by atoms with E-state index in [1.807, 2.05) is 49.4 Å². The summed E-state index contributed by atoms with van der Waals surface area (Å²) in [6.45, 7) is 2.05. The first kappa shape index (κ1) is 21.2. The van der Waals surface area contributed by atoms with Crippen molar-refractivity contribution in [3.05, 3.63) is 82.1 Å². The van der Waals surface area contributed by atoms with E-state index in [-0.39, 0.29) is 23.4 Å². The first-order valence-corrected chi connectivity index (χ1v) is 11.3. The number of fused-ring (bicyclic) bond motifs is 1. The average Bonchev–Trinajstić information content (AvgIpc) is 2.74. The maximum atomic E-state index is 12.9. The lowest BCUT2D eigenvalue weighted by atomic mass is 9.82. The highest BCUT2D eigenvalue weighted by molar-refractivity contribution is 6.12. The van der Waals surface area contributed by atoms with Gasteiger partial charge in [-0.25, -0.2) is 0 Å². The maximum absolute atomic E-state index is 12.9. The summed E-state index contributed by atoms with van der Waals surface area (Å²) in [6.07, 6.45) is 15.7. The van der Waals surface area contributed by atoms with Crippen LogP contribution < -0.4 is 5.32 Å². The fraction of sp³-hybridized carbons (Fsp3) is 0.370. The Balaban J connectivity index is 1.36. The summed E-state index contributed by atoms with van der Waals surface area (Å²) in [5.41, 5.74) is 5.72. The lowest BCUT2D eigenvalue weighted by Crippen LogP contribution is -2.31. The molecule has 4 heteroatoms. The number of rotatable bonds is 3. The molecule has 0 bridgehead atoms. The smallest absolute Gasteiger partial charge is 0.227 e. The first-order chi connectivity index (χ1) is 15.0. The van der Waals surface area contributed by atoms with Gasteiger partial charge in [0, 0.05) is 35.2 Å². The third-order valence-electron chi connectivity index (χ3n) is 6.48. The fourth-order valence-electron chi connectivity index (χ4n) is 4.61. The van der Waals surface area contributed by atoms with E-state index in [0.717, 1.165) is 67.2 Å². The number of Topliss-reactive ketones (excluding diaryl/α,β-unsaturated/α-hetero) is 1. The van der Waals surface area contributed by atoms with Gasteiger partial charge in [-0.2, -0.15) is 0 Å². The Labute approximate surface area is 183 Å². The van der Waals surface area contributed by atoms with Crippen LogP contribution in [0.3, 0.4) is 0 Å². The van der Waals surface area contributed by atoms with Gasteiger partial charge >= 0.3 is 0 Å². The zero-order chi connectivity index (χ0) is 21.8. The molecular weight excluding hydrogens is 386 g/mol. The topological polar surface area (TPSA) is 63.2 Å². The summed E-state index contributed by atoms with van der Waals surface area (Å²) >= 11 is 0. The molecular formula is C27H29NO3. The standard InChI is InChI=1S/C27H29NO3/c1-18-6-5-9-25-24(18)15-14-21(26(25)30)16-19-10-12-20(13-11-19)27(31)28-22-7-3-2-4-8-23(29)17-22/h3,5-7,9,14,16-17,20H,2,4,8,10-13,15H2,1H3,(H,28,31)/b7-3-,19-16?,22-17+. The Hall–Kier alpha value is -3.01. The van der Waals surface area contributed by atoms with E-state index >= 15 is 0 Å². The first-order valence-electron chi connectivity index (χ1n) is 11.3. The van der Waals surface area contributed by atoms with Gasteiger partial charge in [0.1, 0.15) is 0 Å². The molecule has 0 aromatic heterocycles. The molecule has 1 amide bonds. The molecule has 1 fully saturated rings. The summed E-state index contributed by atoms with van der Waals surface area (Å²) in [5, 5.41) is 2.94. The average molecular weight is 416 g/mol. The normalized spacial score (nSPS) is 24.2. The number of amides is 1. The third kappa shape index (κ3) is 5.01. The fourth-order valence-corrected chi connectivity index (χ4v) is 4.61. The Morgan fingerprint density at radius 1 is 1.13 bits per heavy atom. The largest absolute Gasteiger partial charge is 0.326 e. The van der Waals surface area contributed by atoms with Gasteiger partial charge in [0.05, 0.1) is 0 Å². The Kier molecular flexibility index (Phi) is 6.45. The molecule has 0 aliphatic heterocycles. The molecule has 160 valence electrons. The minimum Gasteiger partial charge on any atom is -0.326 e. The van der Waals surface area contributed by atoms with Crippen molar-refractivity contribution in [1.29, 1.82) is 0 Å². The van der Waals surface area contributed by atoms with Gasteiger partial charge in [-0.05, 0) is 69.1 Å². The zero-order valence-electron chi connectivity index (χ0n) is 18.1. The van der Waals surface area contributed by atoms with Crippen LogP contribution in [-0.4, -0.2) is 17.5 Å². The molecule has 1 aromatic carbocycles. The van der Waals surface area contributed by atoms with Crippen molar-refractivity contribution in [3.63, 3.8) is 0 Å². The number of ketones is 2. The van der Waals surface area contributed by atoms with Gasteiger partial charge in [0.2, 0.25) is 5.91 Å². The van der Waals surface area contributed by atoms with Crippen LogP contribution in [0.4, 0.5) is 0 Å². The number of allylic oxidation sites excluding steroid dienone is 7. The summed E-state index contributed by atoms with van der Waals surface area (Å²) in [6, 6.07) is 5.91. The molecule has 0 spiro atoms. The molecule has 0 saturated heterocycles. The summed E-state index contributed by atoms with van der Waals surface area (Å²) in [5.74, 6) is 0.0905. The van der Waals surface area contributed by atoms with Crippen molar-refractivity contribution in [2.45, 2.75) is 58.3 Å². The second-order valence-corrected chi connectivity index (χ2v) is 8.72. The van der Waals surface area contributed by atoms with E-state index in [1.165, 1.54) is 5.57 Å². The van der Waals surface area contributed by atoms with Crippen LogP contribution in [0.5, 0.6) is 0 Å². The van der Waals surface area contributed by atoms with E-state index < -0.39 is 0 Å². The number of nitrogens with one attached hydrogen (secondary N) is 1. The lowest BCUT2D eigenvalue weighted by molar-refractivity contribution is -0.124. The molecule has 0 atom stereocenters. The molecule has 31 heavy (non-hydrogen) atoms. The van der Waals surface area contributed by atoms with Crippen molar-refractivity contribution in [1.82, 2.24) is 5.32 Å². The van der Waals surface area contributed by atoms with Crippen LogP contribution in [0.25, 0.3) is 0 Å². The monoisotopic (exact) mass is 415 g/mol. The second-order valence-electron chi connectivity index (χ2n) is 8.72. The molecule has 1 aromatic rings. The van der Waals surface area contributed by atoms with E-state index in [1.54, 1.807) is 6.08 Å². The molecule has 4 nitrogen and oxygen atoms in total. The minimum atomic E-state index is -0.0635. The molecule has 4 rings (SSSR count). The van der Waals surface area contributed by atoms with E-state index in [0.29, 0.717) is 12.1 Å². The van der Waals surface area contributed by atoms with Crippen LogP contribution in [0.1, 0.15) is 66.4 Å². The van der Waals surface area contributed by atoms with Crippen molar-refractivity contribution >= 4 is 17.5 Å². The number of hydrogen-bond acceptors (Lipinski definition) is 3. The lowest BCUT2D eigenvalue weighted by Gasteiger charge is -2.24. The van der Waals surface area contributed by atoms with Crippen molar-refractivity contribution in [3.8, 4) is 0 Å². The molecule has 0 radical (unpaired) electrons. The van der Waals surface area contributed by atoms with E-state index in [2.05, 4.69) is 5.32 Å². The molecule has 1 saturated carbocycles. The molecule has 3 aliphatic carbocycles. The quantitative estimate of drug-likeness (QED) is 0.748. The molecule has 0 heterocycles. The predicted molar refractivity (Wildman–Crippen MR) is 122 cm³/mol. The van der Waals surface area contributed by atoms with Crippen LogP contribution in [0.15, 0.2) is 65.4 Å². The van der Waals surface area contributed by atoms with Gasteiger partial charge in [0.25, 0.3) is 0 Å². The van der Waals surface area contributed by atoms with Crippen molar-refractivity contribution < 1.29 is 14.4 Å². The highest BCUT2D eigenvalue weighted by atomic mass is 16.2. The van der Waals surface area contributed by atoms with Crippen LogP contribution in [-0.2, 0) is 16.0 Å². The SMILES string of the molecule is Cc1cccc2c1CC=C(C=C1CCC(C(=O)NC3=C/C(=O)CCC/C=C\3)CC1)C2=O. The number of carbonyl (C=O) groups is 3. The van der Waals surface area contributed by atoms with Gasteiger partial charge in [-0.15, -0.1) is 0 Å². The summed E-state index contributed by atoms with van der Waals surface area (Å²) in [4.78, 5) is 37.5. The third-order valence-corrected chi connectivity index (χ3v) is 6.48. The van der Waals surface area contributed by atoms with Gasteiger partial charge in [-0.1, -0.05) is 42.0 Å². The van der Waals surface area contributed by atoms with Gasteiger partial charge in [0.15, 0.2) is 11.6 Å². The highest BCUT2D eigenvalue weighted by Crippen LogP contribution is 2.31. The second kappa shape index (κ2) is 9.42. The number of aryl methyl sites for hydroxylation is 1. The number of hydrogen-bond donors (Lipinski definition) is 1. The number of carbonyl (C=O) groups excluding carboxylic acids is 3. The van der Waals surface area contributed by atoms with Crippen molar-refractivity contribution in [2.24, 2.45) is 5.92 Å². The summed E-state index contributed by atoms with van der Waals surface area (Å²) < 4.78 is 0. The molecule has 1 N–H and O–H groups in total. The predicted octanol–water partition coefficient (Wildman–Crippen LogP) is 5.09. The molecule has 3 aliphatic rings. The van der Waals surface area contributed by atoms with Crippen molar-refractivity contribution in [2.75, 3.05) is 0 Å². The van der Waals surface area contributed by atoms with E-state index in [9.17, 15) is 14.4 Å². The Bertz CT molecular complexity index is 1030. The Morgan fingerprint density at radius 2 is 1.94 bits per heavy atom. The summed E-state index contributed by atoms with van der Waals surface area (Å²) in [7, 11) is 0. The minimum absolute atomic E-state index is 0.0133. The van der Waals surface area contributed by atoms with Gasteiger partial charge in [-0.3, -0.25) is 14.4 Å². The van der Waals surface area contributed by atoms with Gasteiger partial charge < -0.3 is 5.32 Å². The van der Waals surface area contributed by atoms with Crippen LogP contribution in [0, 0.1) is 12.8 Å². The molecule has 0 unspecified atom stereocenters. The zero-order valence-corrected chi connectivity index (χ0v) is 18.1. The maximum Gasteiger partial charge on any atom is 0.227 e. The van der Waals surface area contributed by atoms with Crippen LogP contribution in [0.2, 0.25) is 0 Å². The van der Waals surface area contributed by atoms with E-state index in [4.69, 9.17) is 0 Å². The Morgan fingerprint density at radius 3 is 2.74 bits per heavy atom. The van der Waals surface area contributed by atoms with Crippen LogP contribution >= 0.6 is 0 Å². The highest BCUT2D eigenvalue weighted by Gasteiger charge is 2.25.